The van der Waals surface area contributed by atoms with E-state index in [4.69, 9.17) is 9.47 Å². The SMILES string of the molecule is COc1ccc(C=C(C#N)C(=O)c2[nH]c(C)c(C(C)=O)c2C)cc1OCC(C)C. The van der Waals surface area contributed by atoms with Crippen molar-refractivity contribution in [2.45, 2.75) is 34.6 Å². The van der Waals surface area contributed by atoms with Gasteiger partial charge < -0.3 is 14.5 Å². The van der Waals surface area contributed by atoms with Crippen molar-refractivity contribution in [2.24, 2.45) is 5.92 Å². The Morgan fingerprint density at radius 3 is 2.45 bits per heavy atom. The van der Waals surface area contributed by atoms with Crippen LogP contribution in [0, 0.1) is 31.1 Å². The zero-order valence-electron chi connectivity index (χ0n) is 17.7. The molecule has 1 heterocycles. The topological polar surface area (TPSA) is 92.2 Å². The van der Waals surface area contributed by atoms with Crippen LogP contribution >= 0.6 is 0 Å². The van der Waals surface area contributed by atoms with Gasteiger partial charge in [-0.15, -0.1) is 0 Å². The van der Waals surface area contributed by atoms with Crippen molar-refractivity contribution in [3.05, 3.63) is 51.9 Å². The van der Waals surface area contributed by atoms with Crippen molar-refractivity contribution in [3.8, 4) is 17.6 Å². The number of hydrogen-bond donors (Lipinski definition) is 1. The van der Waals surface area contributed by atoms with Gasteiger partial charge in [0.2, 0.25) is 5.78 Å². The standard InChI is InChI=1S/C23H26N2O4/c1-13(2)12-29-20-10-17(7-8-19(20)28-6)9-18(11-24)23(27)22-14(3)21(16(5)26)15(4)25-22/h7-10,13,25H,12H2,1-6H3. The number of aryl methyl sites for hydroxylation is 1. The van der Waals surface area contributed by atoms with Gasteiger partial charge in [0.1, 0.15) is 11.6 Å². The van der Waals surface area contributed by atoms with E-state index < -0.39 is 5.78 Å². The van der Waals surface area contributed by atoms with Gasteiger partial charge in [-0.05, 0) is 56.0 Å². The quantitative estimate of drug-likeness (QED) is 0.399. The van der Waals surface area contributed by atoms with Gasteiger partial charge in [0.05, 0.1) is 19.4 Å². The number of methoxy groups -OCH3 is 1. The summed E-state index contributed by atoms with van der Waals surface area (Å²) in [7, 11) is 1.56. The first-order chi connectivity index (χ1) is 13.7. The third kappa shape index (κ3) is 4.94. The van der Waals surface area contributed by atoms with Crippen LogP contribution in [-0.2, 0) is 0 Å². The number of benzene rings is 1. The first kappa shape index (κ1) is 22.0. The van der Waals surface area contributed by atoms with Crippen LogP contribution in [0.3, 0.4) is 0 Å². The molecule has 2 aromatic rings. The van der Waals surface area contributed by atoms with E-state index in [-0.39, 0.29) is 17.1 Å². The number of nitriles is 1. The molecule has 1 N–H and O–H groups in total. The lowest BCUT2D eigenvalue weighted by Crippen LogP contribution is -2.06. The molecule has 1 aromatic carbocycles. The van der Waals surface area contributed by atoms with Crippen LogP contribution in [0.4, 0.5) is 0 Å². The molecule has 0 atom stereocenters. The van der Waals surface area contributed by atoms with Gasteiger partial charge in [0, 0.05) is 11.3 Å². The minimum Gasteiger partial charge on any atom is -0.493 e. The Hall–Kier alpha value is -3.33. The van der Waals surface area contributed by atoms with Crippen LogP contribution < -0.4 is 9.47 Å². The molecule has 0 amide bonds. The maximum absolute atomic E-state index is 12.9. The molecule has 0 saturated heterocycles. The first-order valence-corrected chi connectivity index (χ1v) is 9.37. The predicted octanol–water partition coefficient (Wildman–Crippen LogP) is 4.67. The van der Waals surface area contributed by atoms with Gasteiger partial charge in [-0.2, -0.15) is 5.26 Å². The number of rotatable bonds is 8. The zero-order chi connectivity index (χ0) is 21.7. The average molecular weight is 394 g/mol. The number of H-pyrrole nitrogens is 1. The smallest absolute Gasteiger partial charge is 0.219 e. The summed E-state index contributed by atoms with van der Waals surface area (Å²) in [5.41, 5.74) is 2.51. The van der Waals surface area contributed by atoms with Crippen molar-refractivity contribution in [1.82, 2.24) is 4.98 Å². The van der Waals surface area contributed by atoms with Gasteiger partial charge in [0.25, 0.3) is 0 Å². The number of hydrogen-bond acceptors (Lipinski definition) is 5. The minimum absolute atomic E-state index is 0.0376. The van der Waals surface area contributed by atoms with Crippen molar-refractivity contribution in [3.63, 3.8) is 0 Å². The highest BCUT2D eigenvalue weighted by Crippen LogP contribution is 2.30. The molecule has 2 rings (SSSR count). The van der Waals surface area contributed by atoms with Crippen molar-refractivity contribution < 1.29 is 19.1 Å². The molecule has 0 bridgehead atoms. The third-order valence-electron chi connectivity index (χ3n) is 4.45. The van der Waals surface area contributed by atoms with E-state index >= 15 is 0 Å². The molecular formula is C23H26N2O4. The molecule has 152 valence electrons. The summed E-state index contributed by atoms with van der Waals surface area (Å²) in [6, 6.07) is 7.19. The summed E-state index contributed by atoms with van der Waals surface area (Å²) in [4.78, 5) is 27.7. The Morgan fingerprint density at radius 2 is 1.93 bits per heavy atom. The van der Waals surface area contributed by atoms with Gasteiger partial charge in [-0.3, -0.25) is 9.59 Å². The zero-order valence-corrected chi connectivity index (χ0v) is 17.7. The van der Waals surface area contributed by atoms with Crippen LogP contribution in [0.5, 0.6) is 11.5 Å². The summed E-state index contributed by atoms with van der Waals surface area (Å²) in [5, 5.41) is 9.57. The monoisotopic (exact) mass is 394 g/mol. The second kappa shape index (κ2) is 9.24. The number of ether oxygens (including phenoxy) is 2. The van der Waals surface area contributed by atoms with Crippen molar-refractivity contribution in [1.29, 1.82) is 5.26 Å². The molecule has 0 saturated carbocycles. The summed E-state index contributed by atoms with van der Waals surface area (Å²) >= 11 is 0. The fraction of sp³-hybridized carbons (Fsp3) is 0.348. The van der Waals surface area contributed by atoms with Crippen LogP contribution in [0.2, 0.25) is 0 Å². The highest BCUT2D eigenvalue weighted by Gasteiger charge is 2.22. The lowest BCUT2D eigenvalue weighted by Gasteiger charge is -2.13. The molecule has 6 heteroatoms. The maximum Gasteiger partial charge on any atom is 0.219 e. The van der Waals surface area contributed by atoms with Crippen LogP contribution in [0.15, 0.2) is 23.8 Å². The molecule has 6 nitrogen and oxygen atoms in total. The van der Waals surface area contributed by atoms with E-state index in [1.807, 2.05) is 19.9 Å². The van der Waals surface area contributed by atoms with Gasteiger partial charge >= 0.3 is 0 Å². The number of Topliss-reactive ketones (excluding diaryl/α,β-unsaturated/α-hetero) is 2. The molecular weight excluding hydrogens is 368 g/mol. The van der Waals surface area contributed by atoms with Gasteiger partial charge in [0.15, 0.2) is 17.3 Å². The van der Waals surface area contributed by atoms with E-state index in [1.165, 1.54) is 13.0 Å². The van der Waals surface area contributed by atoms with Crippen LogP contribution in [0.1, 0.15) is 58.4 Å². The number of allylic oxidation sites excluding steroid dienone is 1. The first-order valence-electron chi connectivity index (χ1n) is 9.37. The summed E-state index contributed by atoms with van der Waals surface area (Å²) < 4.78 is 11.1. The molecule has 0 aliphatic carbocycles. The Bertz CT molecular complexity index is 1010. The Kier molecular flexibility index (Phi) is 7.00. The third-order valence-corrected chi connectivity index (χ3v) is 4.45. The number of carbonyl (C=O) groups excluding carboxylic acids is 2. The second-order valence-electron chi connectivity index (χ2n) is 7.30. The molecule has 1 aromatic heterocycles. The Labute approximate surface area is 171 Å². The van der Waals surface area contributed by atoms with E-state index in [2.05, 4.69) is 4.98 Å². The normalized spacial score (nSPS) is 11.3. The van der Waals surface area contributed by atoms with E-state index in [0.29, 0.717) is 46.4 Å². The summed E-state index contributed by atoms with van der Waals surface area (Å²) in [6.07, 6.45) is 1.51. The largest absolute Gasteiger partial charge is 0.493 e. The molecule has 29 heavy (non-hydrogen) atoms. The molecule has 0 aliphatic rings. The Morgan fingerprint density at radius 1 is 1.24 bits per heavy atom. The summed E-state index contributed by atoms with van der Waals surface area (Å²) in [5.74, 6) is 0.880. The molecule has 0 aliphatic heterocycles. The Balaban J connectivity index is 2.43. The van der Waals surface area contributed by atoms with E-state index in [9.17, 15) is 14.9 Å². The average Bonchev–Trinajstić information content (AvgIpc) is 2.98. The maximum atomic E-state index is 12.9. The molecule has 0 fully saturated rings. The fourth-order valence-electron chi connectivity index (χ4n) is 3.11. The van der Waals surface area contributed by atoms with E-state index in [0.717, 1.165) is 0 Å². The van der Waals surface area contributed by atoms with Gasteiger partial charge in [-0.25, -0.2) is 0 Å². The number of nitrogens with one attached hydrogen (secondary N) is 1. The molecule has 0 spiro atoms. The van der Waals surface area contributed by atoms with Crippen LogP contribution in [-0.4, -0.2) is 30.3 Å². The van der Waals surface area contributed by atoms with Crippen molar-refractivity contribution >= 4 is 17.6 Å². The highest BCUT2D eigenvalue weighted by molar-refractivity contribution is 6.15. The van der Waals surface area contributed by atoms with Crippen LogP contribution in [0.25, 0.3) is 6.08 Å². The highest BCUT2D eigenvalue weighted by atomic mass is 16.5. The fourth-order valence-corrected chi connectivity index (χ4v) is 3.11. The minimum atomic E-state index is -0.457. The lowest BCUT2D eigenvalue weighted by atomic mass is 10.0. The number of ketones is 2. The lowest BCUT2D eigenvalue weighted by molar-refractivity contribution is 0.101. The van der Waals surface area contributed by atoms with E-state index in [1.54, 1.807) is 39.2 Å². The van der Waals surface area contributed by atoms with Gasteiger partial charge in [-0.1, -0.05) is 19.9 Å². The second-order valence-corrected chi connectivity index (χ2v) is 7.30. The molecule has 0 radical (unpaired) electrons. The molecule has 0 unspecified atom stereocenters. The number of carbonyl (C=O) groups is 2. The number of nitrogens with zero attached hydrogens (tertiary/aromatic N) is 1. The summed E-state index contributed by atoms with van der Waals surface area (Å²) in [6.45, 7) is 9.49. The number of aromatic nitrogens is 1. The van der Waals surface area contributed by atoms with Crippen molar-refractivity contribution in [2.75, 3.05) is 13.7 Å². The number of aromatic amines is 1. The predicted molar refractivity (Wildman–Crippen MR) is 112 cm³/mol.